The minimum absolute atomic E-state index is 0.0799. The number of aryl methyl sites for hydroxylation is 1. The van der Waals surface area contributed by atoms with Crippen molar-refractivity contribution in [2.24, 2.45) is 11.1 Å². The molecular weight excluding hydrogens is 318 g/mol. The van der Waals surface area contributed by atoms with Crippen LogP contribution < -0.4 is 5.73 Å². The summed E-state index contributed by atoms with van der Waals surface area (Å²) in [5, 5.41) is -0.586. The predicted octanol–water partition coefficient (Wildman–Crippen LogP) is 2.20. The molecular formula is C16H23NO3S2. The smallest absolute Gasteiger partial charge is 0.154 e. The van der Waals surface area contributed by atoms with Gasteiger partial charge in [0.2, 0.25) is 0 Å². The predicted molar refractivity (Wildman–Crippen MR) is 92.9 cm³/mol. The highest BCUT2D eigenvalue weighted by molar-refractivity contribution is 7.92. The maximum absolute atomic E-state index is 12.5. The van der Waals surface area contributed by atoms with E-state index in [0.29, 0.717) is 6.61 Å². The molecule has 2 N–H and O–H groups in total. The molecule has 0 radical (unpaired) electrons. The summed E-state index contributed by atoms with van der Waals surface area (Å²) in [6, 6.07) is 7.89. The number of hydrogen-bond donors (Lipinski definition) is 1. The van der Waals surface area contributed by atoms with Crippen molar-refractivity contribution in [2.45, 2.75) is 31.9 Å². The Morgan fingerprint density at radius 1 is 1.32 bits per heavy atom. The van der Waals surface area contributed by atoms with Crippen LogP contribution in [0, 0.1) is 12.3 Å². The zero-order valence-electron chi connectivity index (χ0n) is 13.2. The van der Waals surface area contributed by atoms with Crippen LogP contribution in [0.4, 0.5) is 0 Å². The highest BCUT2D eigenvalue weighted by Gasteiger charge is 2.72. The first-order chi connectivity index (χ1) is 10.3. The number of hydrogen-bond acceptors (Lipinski definition) is 4. The molecule has 6 heteroatoms. The van der Waals surface area contributed by atoms with Gasteiger partial charge in [-0.3, -0.25) is 0 Å². The molecule has 1 aliphatic rings. The molecule has 1 aromatic carbocycles. The maximum atomic E-state index is 12.5. The van der Waals surface area contributed by atoms with Gasteiger partial charge in [0.05, 0.1) is 22.3 Å². The van der Waals surface area contributed by atoms with E-state index < -0.39 is 20.5 Å². The molecule has 1 aromatic rings. The van der Waals surface area contributed by atoms with Crippen LogP contribution in [0.2, 0.25) is 0 Å². The van der Waals surface area contributed by atoms with Crippen LogP contribution in [0.3, 0.4) is 0 Å². The van der Waals surface area contributed by atoms with Crippen molar-refractivity contribution in [1.29, 1.82) is 0 Å². The fraction of sp³-hybridized carbons (Fsp3) is 0.562. The first-order valence-corrected chi connectivity index (χ1v) is 9.59. The normalized spacial score (nSPS) is 27.6. The summed E-state index contributed by atoms with van der Waals surface area (Å²) in [6.45, 7) is 6.29. The quantitative estimate of drug-likeness (QED) is 0.770. The average molecular weight is 341 g/mol. The summed E-state index contributed by atoms with van der Waals surface area (Å²) in [6.07, 6.45) is 0. The molecule has 22 heavy (non-hydrogen) atoms. The van der Waals surface area contributed by atoms with E-state index in [0.717, 1.165) is 11.1 Å². The molecule has 0 spiro atoms. The summed E-state index contributed by atoms with van der Waals surface area (Å²) < 4.78 is 30.6. The van der Waals surface area contributed by atoms with E-state index in [1.54, 1.807) is 6.92 Å². The second kappa shape index (κ2) is 6.26. The summed E-state index contributed by atoms with van der Waals surface area (Å²) in [7, 11) is -3.26. The highest BCUT2D eigenvalue weighted by Crippen LogP contribution is 2.63. The van der Waals surface area contributed by atoms with Gasteiger partial charge < -0.3 is 10.5 Å². The Bertz CT molecular complexity index is 654. The van der Waals surface area contributed by atoms with Gasteiger partial charge in [0.1, 0.15) is 0 Å². The Morgan fingerprint density at radius 2 is 1.91 bits per heavy atom. The Hall–Kier alpha value is -0.980. The fourth-order valence-electron chi connectivity index (χ4n) is 3.17. The maximum Gasteiger partial charge on any atom is 0.154 e. The first-order valence-electron chi connectivity index (χ1n) is 7.47. The van der Waals surface area contributed by atoms with Crippen molar-refractivity contribution < 1.29 is 13.2 Å². The van der Waals surface area contributed by atoms with Crippen LogP contribution >= 0.6 is 12.2 Å². The largest absolute Gasteiger partial charge is 0.393 e. The number of rotatable bonds is 7. The zero-order valence-corrected chi connectivity index (χ0v) is 14.8. The van der Waals surface area contributed by atoms with Gasteiger partial charge in [0.25, 0.3) is 0 Å². The van der Waals surface area contributed by atoms with Gasteiger partial charge in [-0.15, -0.1) is 0 Å². The van der Waals surface area contributed by atoms with Crippen LogP contribution in [0.5, 0.6) is 0 Å². The lowest BCUT2D eigenvalue weighted by Gasteiger charge is -2.16. The average Bonchev–Trinajstić information content (AvgIpc) is 3.17. The molecule has 1 saturated carbocycles. The van der Waals surface area contributed by atoms with Crippen molar-refractivity contribution in [3.05, 3.63) is 35.4 Å². The van der Waals surface area contributed by atoms with E-state index in [-0.39, 0.29) is 23.3 Å². The molecule has 0 aliphatic heterocycles. The monoisotopic (exact) mass is 341 g/mol. The molecule has 0 bridgehead atoms. The van der Waals surface area contributed by atoms with Gasteiger partial charge in [-0.05, 0) is 19.4 Å². The van der Waals surface area contributed by atoms with E-state index in [4.69, 9.17) is 22.7 Å². The standard InChI is InChI=1S/C16H23NO3S2/c1-4-20-10-16(15(17)21)13(14(16)22(18,19)5-2)12-8-6-11(3)7-9-12/h6-9,13-14H,4-5,10H2,1-3H3,(H2,17,21)/t13-,14+,16+/m1/s1. The van der Waals surface area contributed by atoms with Crippen molar-refractivity contribution in [3.8, 4) is 0 Å². The van der Waals surface area contributed by atoms with E-state index in [9.17, 15) is 8.42 Å². The van der Waals surface area contributed by atoms with Crippen molar-refractivity contribution in [1.82, 2.24) is 0 Å². The van der Waals surface area contributed by atoms with Crippen LogP contribution in [-0.4, -0.2) is 37.6 Å². The van der Waals surface area contributed by atoms with Gasteiger partial charge in [0, 0.05) is 18.3 Å². The first kappa shape index (κ1) is 17.4. The van der Waals surface area contributed by atoms with Crippen molar-refractivity contribution in [3.63, 3.8) is 0 Å². The SMILES string of the molecule is CCOC[C@]1(C(N)=S)[C@H](c2ccc(C)cc2)[C@@H]1S(=O)(=O)CC. The molecule has 0 heterocycles. The third kappa shape index (κ3) is 2.79. The van der Waals surface area contributed by atoms with Crippen LogP contribution in [-0.2, 0) is 14.6 Å². The summed E-state index contributed by atoms with van der Waals surface area (Å²) >= 11 is 5.24. The number of benzene rings is 1. The Kier molecular flexibility index (Phi) is 4.94. The number of nitrogens with two attached hydrogens (primary N) is 1. The summed E-state index contributed by atoms with van der Waals surface area (Å²) in [5.74, 6) is -0.140. The molecule has 122 valence electrons. The minimum Gasteiger partial charge on any atom is -0.393 e. The van der Waals surface area contributed by atoms with Gasteiger partial charge in [-0.25, -0.2) is 8.42 Å². The molecule has 0 unspecified atom stereocenters. The molecule has 4 nitrogen and oxygen atoms in total. The lowest BCUT2D eigenvalue weighted by Crippen LogP contribution is -2.34. The topological polar surface area (TPSA) is 69.4 Å². The Morgan fingerprint density at radius 3 is 2.36 bits per heavy atom. The van der Waals surface area contributed by atoms with E-state index in [2.05, 4.69) is 0 Å². The number of ether oxygens (including phenoxy) is 1. The zero-order chi connectivity index (χ0) is 16.5. The molecule has 3 atom stereocenters. The summed E-state index contributed by atoms with van der Waals surface area (Å²) in [4.78, 5) is 0.230. The minimum atomic E-state index is -3.26. The second-order valence-corrected chi connectivity index (χ2v) is 8.65. The molecule has 0 aromatic heterocycles. The Balaban J connectivity index is 2.48. The Labute approximate surface area is 138 Å². The van der Waals surface area contributed by atoms with Gasteiger partial charge in [0.15, 0.2) is 9.84 Å². The molecule has 0 saturated heterocycles. The lowest BCUT2D eigenvalue weighted by molar-refractivity contribution is 0.121. The van der Waals surface area contributed by atoms with E-state index in [1.807, 2.05) is 38.1 Å². The van der Waals surface area contributed by atoms with E-state index >= 15 is 0 Å². The van der Waals surface area contributed by atoms with Crippen LogP contribution in [0.15, 0.2) is 24.3 Å². The van der Waals surface area contributed by atoms with E-state index in [1.165, 1.54) is 0 Å². The van der Waals surface area contributed by atoms with Gasteiger partial charge in [-0.2, -0.15) is 0 Å². The molecule has 1 aliphatic carbocycles. The third-order valence-electron chi connectivity index (χ3n) is 4.49. The van der Waals surface area contributed by atoms with Crippen LogP contribution in [0.25, 0.3) is 0 Å². The second-order valence-electron chi connectivity index (χ2n) is 5.80. The van der Waals surface area contributed by atoms with Gasteiger partial charge in [-0.1, -0.05) is 49.0 Å². The molecule has 0 amide bonds. The lowest BCUT2D eigenvalue weighted by atomic mass is 9.99. The van der Waals surface area contributed by atoms with Crippen molar-refractivity contribution in [2.75, 3.05) is 19.0 Å². The number of sulfone groups is 1. The van der Waals surface area contributed by atoms with Gasteiger partial charge >= 0.3 is 0 Å². The fourth-order valence-corrected chi connectivity index (χ4v) is 5.63. The highest BCUT2D eigenvalue weighted by atomic mass is 32.2. The third-order valence-corrected chi connectivity index (χ3v) is 7.14. The molecule has 1 fully saturated rings. The van der Waals surface area contributed by atoms with Crippen molar-refractivity contribution >= 4 is 27.0 Å². The molecule has 2 rings (SSSR count). The number of thiocarbonyl (C=S) groups is 1. The summed E-state index contributed by atoms with van der Waals surface area (Å²) in [5.41, 5.74) is 7.27. The van der Waals surface area contributed by atoms with Crippen LogP contribution in [0.1, 0.15) is 30.9 Å².